The predicted octanol–water partition coefficient (Wildman–Crippen LogP) is 5.24. The van der Waals surface area contributed by atoms with Gasteiger partial charge < -0.3 is 24.3 Å². The van der Waals surface area contributed by atoms with E-state index in [9.17, 15) is 4.79 Å². The number of ether oxygens (including phenoxy) is 2. The van der Waals surface area contributed by atoms with Crippen molar-refractivity contribution in [3.05, 3.63) is 71.4 Å². The van der Waals surface area contributed by atoms with E-state index in [0.717, 1.165) is 27.8 Å². The molecule has 8 heteroatoms. The molecule has 0 bridgehead atoms. The lowest BCUT2D eigenvalue weighted by Gasteiger charge is -2.35. The van der Waals surface area contributed by atoms with Crippen molar-refractivity contribution in [1.29, 1.82) is 0 Å². The monoisotopic (exact) mass is 485 g/mol. The lowest BCUT2D eigenvalue weighted by atomic mass is 10.1. The van der Waals surface area contributed by atoms with E-state index in [2.05, 4.69) is 24.1 Å². The molecule has 2 aromatic heterocycles. The van der Waals surface area contributed by atoms with Crippen LogP contribution < -0.4 is 15.0 Å². The van der Waals surface area contributed by atoms with Gasteiger partial charge in [-0.15, -0.1) is 0 Å². The average molecular weight is 486 g/mol. The highest BCUT2D eigenvalue weighted by Crippen LogP contribution is 2.33. The van der Waals surface area contributed by atoms with Crippen LogP contribution in [0.25, 0.3) is 11.0 Å². The van der Waals surface area contributed by atoms with Gasteiger partial charge in [-0.2, -0.15) is 4.98 Å². The predicted molar refractivity (Wildman–Crippen MR) is 141 cm³/mol. The van der Waals surface area contributed by atoms with Crippen LogP contribution in [0.5, 0.6) is 11.6 Å². The number of fused-ring (bicyclic) bond motifs is 1. The summed E-state index contributed by atoms with van der Waals surface area (Å²) in [7, 11) is 1.94. The lowest BCUT2D eigenvalue weighted by molar-refractivity contribution is -0.00572. The molecule has 186 valence electrons. The van der Waals surface area contributed by atoms with Crippen molar-refractivity contribution in [2.24, 2.45) is 7.05 Å². The van der Waals surface area contributed by atoms with Crippen LogP contribution in [0.15, 0.2) is 54.7 Å². The summed E-state index contributed by atoms with van der Waals surface area (Å²) in [6, 6.07) is 15.1. The number of carbonyl (C=O) groups is 1. The van der Waals surface area contributed by atoms with Crippen LogP contribution in [0.4, 0.5) is 11.6 Å². The van der Waals surface area contributed by atoms with E-state index in [1.165, 1.54) is 0 Å². The second kappa shape index (κ2) is 9.62. The Hall–Kier alpha value is -3.91. The van der Waals surface area contributed by atoms with E-state index in [4.69, 9.17) is 19.4 Å². The number of hydrogen-bond donors (Lipinski definition) is 1. The number of nitrogens with one attached hydrogen (secondary N) is 1. The zero-order valence-corrected chi connectivity index (χ0v) is 21.3. The Morgan fingerprint density at radius 2 is 1.83 bits per heavy atom. The molecular weight excluding hydrogens is 454 g/mol. The quantitative estimate of drug-likeness (QED) is 0.416. The summed E-state index contributed by atoms with van der Waals surface area (Å²) in [5.74, 6) is 1.43. The fourth-order valence-corrected chi connectivity index (χ4v) is 4.58. The van der Waals surface area contributed by atoms with Gasteiger partial charge >= 0.3 is 0 Å². The summed E-state index contributed by atoms with van der Waals surface area (Å²) in [6.07, 6.45) is 2.11. The number of aromatic nitrogens is 3. The zero-order valence-electron chi connectivity index (χ0n) is 21.3. The second-order valence-corrected chi connectivity index (χ2v) is 9.56. The molecule has 2 aromatic carbocycles. The summed E-state index contributed by atoms with van der Waals surface area (Å²) in [6.45, 7) is 9.46. The molecule has 0 saturated carbocycles. The molecule has 0 radical (unpaired) electrons. The summed E-state index contributed by atoms with van der Waals surface area (Å²) < 4.78 is 14.2. The molecule has 2 atom stereocenters. The maximum atomic E-state index is 13.0. The van der Waals surface area contributed by atoms with Crippen molar-refractivity contribution < 1.29 is 14.3 Å². The maximum Gasteiger partial charge on any atom is 0.255 e. The normalized spacial score (nSPS) is 17.9. The first-order chi connectivity index (χ1) is 17.3. The Labute approximate surface area is 210 Å². The first kappa shape index (κ1) is 23.8. The second-order valence-electron chi connectivity index (χ2n) is 9.56. The molecule has 1 aliphatic rings. The molecule has 36 heavy (non-hydrogen) atoms. The molecule has 5 rings (SSSR count). The van der Waals surface area contributed by atoms with Gasteiger partial charge in [-0.1, -0.05) is 18.2 Å². The van der Waals surface area contributed by atoms with Gasteiger partial charge in [-0.3, -0.25) is 4.79 Å². The van der Waals surface area contributed by atoms with Crippen LogP contribution >= 0.6 is 0 Å². The van der Waals surface area contributed by atoms with E-state index in [-0.39, 0.29) is 18.1 Å². The van der Waals surface area contributed by atoms with E-state index in [1.807, 2.05) is 68.1 Å². The first-order valence-corrected chi connectivity index (χ1v) is 12.2. The van der Waals surface area contributed by atoms with E-state index >= 15 is 0 Å². The number of amides is 1. The third-order valence-electron chi connectivity index (χ3n) is 6.31. The van der Waals surface area contributed by atoms with E-state index in [1.54, 1.807) is 12.1 Å². The Kier molecular flexibility index (Phi) is 6.36. The molecule has 1 amide bonds. The van der Waals surface area contributed by atoms with Crippen LogP contribution in [0, 0.1) is 13.8 Å². The van der Waals surface area contributed by atoms with Crippen molar-refractivity contribution in [3.8, 4) is 11.6 Å². The third kappa shape index (κ3) is 4.90. The number of aryl methyl sites for hydroxylation is 3. The van der Waals surface area contributed by atoms with Crippen molar-refractivity contribution in [2.45, 2.75) is 39.9 Å². The third-order valence-corrected chi connectivity index (χ3v) is 6.31. The van der Waals surface area contributed by atoms with Crippen LogP contribution in [0.1, 0.15) is 35.3 Å². The van der Waals surface area contributed by atoms with E-state index in [0.29, 0.717) is 36.2 Å². The van der Waals surface area contributed by atoms with Gasteiger partial charge in [0.1, 0.15) is 11.3 Å². The number of morpholine rings is 1. The number of benzene rings is 2. The minimum absolute atomic E-state index is 0.0824. The van der Waals surface area contributed by atoms with Crippen molar-refractivity contribution in [3.63, 3.8) is 0 Å². The summed E-state index contributed by atoms with van der Waals surface area (Å²) in [5, 5.41) is 2.96. The van der Waals surface area contributed by atoms with Gasteiger partial charge in [0, 0.05) is 37.6 Å². The number of hydrogen-bond acceptors (Lipinski definition) is 6. The SMILES string of the molecule is Cc1cccc(NC(=O)c2ccc(C)c(Oc3nc(N4CC(C)OC(C)C4)nc4ccn(C)c34)c2)c1. The van der Waals surface area contributed by atoms with Crippen molar-refractivity contribution in [1.82, 2.24) is 14.5 Å². The number of carbonyl (C=O) groups excluding carboxylic acids is 1. The molecule has 8 nitrogen and oxygen atoms in total. The van der Waals surface area contributed by atoms with Gasteiger partial charge in [0.05, 0.1) is 17.7 Å². The molecular formula is C28H31N5O3. The standard InChI is InChI=1S/C28H31N5O3/c1-17-7-6-8-22(13-17)29-26(34)21-10-9-18(2)24(14-21)36-27-25-23(11-12-32(25)5)30-28(31-27)33-15-19(3)35-20(4)16-33/h6-14,19-20H,15-16H2,1-5H3,(H,29,34). The van der Waals surface area contributed by atoms with Gasteiger partial charge in [0.15, 0.2) is 0 Å². The minimum atomic E-state index is -0.200. The summed E-state index contributed by atoms with van der Waals surface area (Å²) in [4.78, 5) is 24.7. The van der Waals surface area contributed by atoms with Crippen molar-refractivity contribution in [2.75, 3.05) is 23.3 Å². The van der Waals surface area contributed by atoms with Gasteiger partial charge in [-0.25, -0.2) is 4.98 Å². The molecule has 3 heterocycles. The average Bonchev–Trinajstić information content (AvgIpc) is 3.20. The highest BCUT2D eigenvalue weighted by Gasteiger charge is 2.26. The van der Waals surface area contributed by atoms with Gasteiger partial charge in [0.25, 0.3) is 5.91 Å². The topological polar surface area (TPSA) is 81.5 Å². The summed E-state index contributed by atoms with van der Waals surface area (Å²) >= 11 is 0. The highest BCUT2D eigenvalue weighted by atomic mass is 16.5. The van der Waals surface area contributed by atoms with Crippen LogP contribution in [-0.4, -0.2) is 45.7 Å². The van der Waals surface area contributed by atoms with Gasteiger partial charge in [-0.05, 0) is 69.2 Å². The molecule has 4 aromatic rings. The Morgan fingerprint density at radius 1 is 1.06 bits per heavy atom. The Morgan fingerprint density at radius 3 is 2.58 bits per heavy atom. The lowest BCUT2D eigenvalue weighted by Crippen LogP contribution is -2.46. The fourth-order valence-electron chi connectivity index (χ4n) is 4.58. The Balaban J connectivity index is 1.47. The van der Waals surface area contributed by atoms with Gasteiger partial charge in [0.2, 0.25) is 11.8 Å². The number of rotatable bonds is 5. The smallest absolute Gasteiger partial charge is 0.255 e. The molecule has 0 spiro atoms. The molecule has 2 unspecified atom stereocenters. The molecule has 1 fully saturated rings. The van der Waals surface area contributed by atoms with Crippen LogP contribution in [0.2, 0.25) is 0 Å². The molecule has 1 N–H and O–H groups in total. The summed E-state index contributed by atoms with van der Waals surface area (Å²) in [5.41, 5.74) is 4.83. The van der Waals surface area contributed by atoms with Crippen LogP contribution in [-0.2, 0) is 11.8 Å². The molecule has 0 aliphatic carbocycles. The minimum Gasteiger partial charge on any atom is -0.437 e. The fraction of sp³-hybridized carbons (Fsp3) is 0.321. The zero-order chi connectivity index (χ0) is 25.4. The molecule has 1 aliphatic heterocycles. The highest BCUT2D eigenvalue weighted by molar-refractivity contribution is 6.04. The van der Waals surface area contributed by atoms with Crippen LogP contribution in [0.3, 0.4) is 0 Å². The van der Waals surface area contributed by atoms with Crippen molar-refractivity contribution >= 4 is 28.6 Å². The first-order valence-electron chi connectivity index (χ1n) is 12.2. The van der Waals surface area contributed by atoms with E-state index < -0.39 is 0 Å². The largest absolute Gasteiger partial charge is 0.437 e. The number of anilines is 2. The Bertz CT molecular complexity index is 1420. The number of nitrogens with zero attached hydrogens (tertiary/aromatic N) is 4. The maximum absolute atomic E-state index is 13.0. The molecule has 1 saturated heterocycles.